The molecule has 1 aromatic carbocycles. The zero-order chi connectivity index (χ0) is 13.4. The fourth-order valence-corrected chi connectivity index (χ4v) is 3.64. The van der Waals surface area contributed by atoms with Crippen molar-refractivity contribution in [3.8, 4) is 0 Å². The first-order chi connectivity index (χ1) is 9.13. The predicted molar refractivity (Wildman–Crippen MR) is 71.8 cm³/mol. The van der Waals surface area contributed by atoms with E-state index in [-0.39, 0.29) is 12.3 Å². The van der Waals surface area contributed by atoms with E-state index >= 15 is 0 Å². The molecule has 1 unspecified atom stereocenters. The van der Waals surface area contributed by atoms with Crippen LogP contribution in [0.2, 0.25) is 0 Å². The van der Waals surface area contributed by atoms with Gasteiger partial charge in [-0.15, -0.1) is 11.8 Å². The van der Waals surface area contributed by atoms with Gasteiger partial charge in [0.2, 0.25) is 0 Å². The number of carboxylic acid groups (broad SMARTS) is 1. The van der Waals surface area contributed by atoms with Gasteiger partial charge in [0.15, 0.2) is 5.58 Å². The summed E-state index contributed by atoms with van der Waals surface area (Å²) in [5.41, 5.74) is 2.18. The number of hydrogen-bond acceptors (Lipinski definition) is 4. The van der Waals surface area contributed by atoms with Crippen LogP contribution in [-0.2, 0) is 4.79 Å². The van der Waals surface area contributed by atoms with E-state index in [0.29, 0.717) is 11.1 Å². The molecule has 0 aliphatic carbocycles. The molecule has 0 saturated carbocycles. The Morgan fingerprint density at radius 1 is 1.53 bits per heavy atom. The van der Waals surface area contributed by atoms with Crippen molar-refractivity contribution < 1.29 is 14.3 Å². The van der Waals surface area contributed by atoms with Gasteiger partial charge in [0.05, 0.1) is 11.9 Å². The average Bonchev–Trinajstić information content (AvgIpc) is 2.59. The van der Waals surface area contributed by atoms with E-state index in [9.17, 15) is 9.59 Å². The second-order valence-electron chi connectivity index (χ2n) is 4.69. The van der Waals surface area contributed by atoms with Crippen LogP contribution in [-0.4, -0.2) is 21.8 Å². The lowest BCUT2D eigenvalue weighted by Crippen LogP contribution is -2.06. The maximum atomic E-state index is 11.2. The number of thioether (sulfide) groups is 1. The first-order valence-electron chi connectivity index (χ1n) is 6.15. The Hall–Kier alpha value is -1.69. The molecular weight excluding hydrogens is 266 g/mol. The fourth-order valence-electron chi connectivity index (χ4n) is 2.53. The van der Waals surface area contributed by atoms with Crippen LogP contribution in [0.25, 0.3) is 11.1 Å². The number of aromatic nitrogens is 1. The zero-order valence-corrected chi connectivity index (χ0v) is 11.0. The van der Waals surface area contributed by atoms with Gasteiger partial charge in [0.25, 0.3) is 0 Å². The molecular formula is C13H13NO4S. The number of oxazole rings is 1. The molecule has 6 heteroatoms. The van der Waals surface area contributed by atoms with Crippen LogP contribution in [0.15, 0.2) is 26.2 Å². The molecule has 0 spiro atoms. The fraction of sp³-hybridized carbons (Fsp3) is 0.385. The second kappa shape index (κ2) is 4.77. The number of aliphatic carboxylic acids is 1. The van der Waals surface area contributed by atoms with E-state index in [1.807, 2.05) is 12.1 Å². The SMILES string of the molecule is O=C(O)CC1CCCSc2cc3oc(=O)[nH]c3cc21. The summed E-state index contributed by atoms with van der Waals surface area (Å²) in [6, 6.07) is 3.70. The summed E-state index contributed by atoms with van der Waals surface area (Å²) < 4.78 is 5.05. The second-order valence-corrected chi connectivity index (χ2v) is 5.82. The van der Waals surface area contributed by atoms with E-state index in [1.165, 1.54) is 0 Å². The van der Waals surface area contributed by atoms with E-state index in [2.05, 4.69) is 4.98 Å². The summed E-state index contributed by atoms with van der Waals surface area (Å²) in [5.74, 6) is -0.299. The lowest BCUT2D eigenvalue weighted by Gasteiger charge is -2.14. The first-order valence-corrected chi connectivity index (χ1v) is 7.13. The monoisotopic (exact) mass is 279 g/mol. The molecule has 0 radical (unpaired) electrons. The summed E-state index contributed by atoms with van der Waals surface area (Å²) in [5, 5.41) is 9.02. The van der Waals surface area contributed by atoms with Crippen LogP contribution in [0.4, 0.5) is 0 Å². The number of carbonyl (C=O) groups is 1. The zero-order valence-electron chi connectivity index (χ0n) is 10.1. The Morgan fingerprint density at radius 3 is 3.16 bits per heavy atom. The van der Waals surface area contributed by atoms with Crippen molar-refractivity contribution >= 4 is 28.8 Å². The summed E-state index contributed by atoms with van der Waals surface area (Å²) >= 11 is 1.70. The Labute approximate surface area is 113 Å². The van der Waals surface area contributed by atoms with Crippen LogP contribution in [0.1, 0.15) is 30.7 Å². The van der Waals surface area contributed by atoms with Gasteiger partial charge in [-0.2, -0.15) is 0 Å². The van der Waals surface area contributed by atoms with Crippen molar-refractivity contribution in [3.05, 3.63) is 28.2 Å². The topological polar surface area (TPSA) is 83.3 Å². The van der Waals surface area contributed by atoms with Crippen molar-refractivity contribution in [2.24, 2.45) is 0 Å². The third-order valence-electron chi connectivity index (χ3n) is 3.37. The highest BCUT2D eigenvalue weighted by atomic mass is 32.2. The van der Waals surface area contributed by atoms with Crippen molar-refractivity contribution in [3.63, 3.8) is 0 Å². The van der Waals surface area contributed by atoms with Crippen molar-refractivity contribution in [2.75, 3.05) is 5.75 Å². The molecule has 100 valence electrons. The van der Waals surface area contributed by atoms with Crippen LogP contribution < -0.4 is 5.76 Å². The number of rotatable bonds is 2. The smallest absolute Gasteiger partial charge is 0.417 e. The summed E-state index contributed by atoms with van der Waals surface area (Å²) in [4.78, 5) is 25.8. The van der Waals surface area contributed by atoms with Gasteiger partial charge in [-0.25, -0.2) is 4.79 Å². The molecule has 0 saturated heterocycles. The van der Waals surface area contributed by atoms with Gasteiger partial charge in [0.1, 0.15) is 0 Å². The summed E-state index contributed by atoms with van der Waals surface area (Å²) in [6.45, 7) is 0. The Morgan fingerprint density at radius 2 is 2.37 bits per heavy atom. The number of carboxylic acids is 1. The maximum Gasteiger partial charge on any atom is 0.417 e. The largest absolute Gasteiger partial charge is 0.481 e. The number of H-pyrrole nitrogens is 1. The molecule has 1 aliphatic rings. The normalized spacial score (nSPS) is 19.1. The molecule has 2 aromatic rings. The van der Waals surface area contributed by atoms with Gasteiger partial charge in [0, 0.05) is 4.90 Å². The molecule has 3 rings (SSSR count). The average molecular weight is 279 g/mol. The van der Waals surface area contributed by atoms with Crippen molar-refractivity contribution in [1.29, 1.82) is 0 Å². The summed E-state index contributed by atoms with van der Waals surface area (Å²) in [7, 11) is 0. The quantitative estimate of drug-likeness (QED) is 0.882. The highest BCUT2D eigenvalue weighted by molar-refractivity contribution is 7.99. The van der Waals surface area contributed by atoms with Gasteiger partial charge in [-0.05, 0) is 42.2 Å². The Balaban J connectivity index is 2.12. The van der Waals surface area contributed by atoms with Crippen molar-refractivity contribution in [1.82, 2.24) is 4.98 Å². The minimum Gasteiger partial charge on any atom is -0.481 e. The molecule has 2 heterocycles. The van der Waals surface area contributed by atoms with Gasteiger partial charge in [-0.1, -0.05) is 0 Å². The molecule has 19 heavy (non-hydrogen) atoms. The van der Waals surface area contributed by atoms with E-state index < -0.39 is 11.7 Å². The highest BCUT2D eigenvalue weighted by Crippen LogP contribution is 2.39. The number of fused-ring (bicyclic) bond motifs is 2. The van der Waals surface area contributed by atoms with Crippen LogP contribution >= 0.6 is 11.8 Å². The van der Waals surface area contributed by atoms with Crippen molar-refractivity contribution in [2.45, 2.75) is 30.1 Å². The first kappa shape index (κ1) is 12.3. The maximum absolute atomic E-state index is 11.2. The highest BCUT2D eigenvalue weighted by Gasteiger charge is 2.23. The van der Waals surface area contributed by atoms with Gasteiger partial charge < -0.3 is 9.52 Å². The number of nitrogens with one attached hydrogen (secondary N) is 1. The van der Waals surface area contributed by atoms with Crippen LogP contribution in [0.3, 0.4) is 0 Å². The van der Waals surface area contributed by atoms with Crippen LogP contribution in [0, 0.1) is 0 Å². The van der Waals surface area contributed by atoms with E-state index in [1.54, 1.807) is 11.8 Å². The minimum absolute atomic E-state index is 0.00491. The number of aromatic amines is 1. The molecule has 0 amide bonds. The predicted octanol–water partition coefficient (Wildman–Crippen LogP) is 2.57. The standard InChI is InChI=1S/C13H13NO4S/c15-12(16)4-7-2-1-3-19-11-6-10-9(5-8(7)11)14-13(17)18-10/h5-7H,1-4H2,(H,14,17)(H,15,16). The van der Waals surface area contributed by atoms with Gasteiger partial charge >= 0.3 is 11.7 Å². The Kier molecular flexibility index (Phi) is 3.10. The van der Waals surface area contributed by atoms with E-state index in [0.717, 1.165) is 29.1 Å². The summed E-state index contributed by atoms with van der Waals surface area (Å²) in [6.07, 6.45) is 1.98. The third kappa shape index (κ3) is 2.40. The third-order valence-corrected chi connectivity index (χ3v) is 4.52. The van der Waals surface area contributed by atoms with Gasteiger partial charge in [-0.3, -0.25) is 9.78 Å². The van der Waals surface area contributed by atoms with Crippen LogP contribution in [0.5, 0.6) is 0 Å². The molecule has 1 aliphatic heterocycles. The molecule has 2 N–H and O–H groups in total. The molecule has 1 aromatic heterocycles. The number of hydrogen-bond donors (Lipinski definition) is 2. The molecule has 5 nitrogen and oxygen atoms in total. The molecule has 0 bridgehead atoms. The lowest BCUT2D eigenvalue weighted by atomic mass is 9.91. The minimum atomic E-state index is -0.788. The Bertz CT molecular complexity index is 687. The molecule has 1 atom stereocenters. The lowest BCUT2D eigenvalue weighted by molar-refractivity contribution is -0.137. The molecule has 0 fully saturated rings. The number of benzene rings is 1. The van der Waals surface area contributed by atoms with E-state index in [4.69, 9.17) is 9.52 Å².